The van der Waals surface area contributed by atoms with E-state index < -0.39 is 5.63 Å². The third kappa shape index (κ3) is 4.64. The fourth-order valence-electron chi connectivity index (χ4n) is 2.34. The minimum Gasteiger partial charge on any atom is -0.508 e. The Morgan fingerprint density at radius 3 is 2.72 bits per heavy atom. The molecule has 0 saturated heterocycles. The first-order valence-electron chi connectivity index (χ1n) is 7.71. The molecule has 0 aliphatic rings. The van der Waals surface area contributed by atoms with Crippen LogP contribution < -0.4 is 5.63 Å². The van der Waals surface area contributed by atoms with E-state index in [9.17, 15) is 14.7 Å². The molecule has 1 N–H and O–H groups in total. The Hall–Kier alpha value is -2.73. The molecule has 1 heterocycles. The highest BCUT2D eigenvalue weighted by molar-refractivity contribution is 7.99. The number of fused-ring (bicyclic) bond motifs is 1. The molecule has 0 radical (unpaired) electrons. The van der Waals surface area contributed by atoms with Crippen molar-refractivity contribution in [2.24, 2.45) is 0 Å². The average Bonchev–Trinajstić information content (AvgIpc) is 2.60. The molecule has 0 fully saturated rings. The van der Waals surface area contributed by atoms with Gasteiger partial charge in [0.05, 0.1) is 6.42 Å². The molecule has 3 aromatic rings. The summed E-state index contributed by atoms with van der Waals surface area (Å²) >= 11 is 1.58. The lowest BCUT2D eigenvalue weighted by Crippen LogP contribution is -2.08. The Labute approximate surface area is 148 Å². The predicted octanol–water partition coefficient (Wildman–Crippen LogP) is 3.72. The highest BCUT2D eigenvalue weighted by Gasteiger charge is 2.10. The molecule has 3 rings (SSSR count). The summed E-state index contributed by atoms with van der Waals surface area (Å²) in [5.41, 5.74) is 0.261. The monoisotopic (exact) mass is 356 g/mol. The second kappa shape index (κ2) is 7.90. The van der Waals surface area contributed by atoms with Crippen molar-refractivity contribution in [3.05, 3.63) is 70.6 Å². The van der Waals surface area contributed by atoms with Crippen molar-refractivity contribution >= 4 is 28.7 Å². The average molecular weight is 356 g/mol. The number of ether oxygens (including phenoxy) is 1. The fraction of sp³-hybridized carbons (Fsp3) is 0.158. The summed E-state index contributed by atoms with van der Waals surface area (Å²) < 4.78 is 10.3. The van der Waals surface area contributed by atoms with Gasteiger partial charge in [0.25, 0.3) is 0 Å². The maximum Gasteiger partial charge on any atom is 0.336 e. The van der Waals surface area contributed by atoms with Crippen LogP contribution in [0.25, 0.3) is 11.0 Å². The maximum atomic E-state index is 11.9. The molecule has 0 bridgehead atoms. The lowest BCUT2D eigenvalue weighted by Gasteiger charge is -2.07. The van der Waals surface area contributed by atoms with Crippen molar-refractivity contribution in [1.82, 2.24) is 0 Å². The number of phenolic OH excluding ortho intramolecular Hbond substituents is 1. The molecule has 0 atom stereocenters. The molecule has 0 aliphatic heterocycles. The molecule has 0 unspecified atom stereocenters. The lowest BCUT2D eigenvalue weighted by atomic mass is 10.1. The van der Waals surface area contributed by atoms with Gasteiger partial charge in [0, 0.05) is 33.7 Å². The first kappa shape index (κ1) is 17.1. The molecule has 0 aliphatic carbocycles. The number of hydrogen-bond donors (Lipinski definition) is 1. The standard InChI is InChI=1S/C19H16O5S/c20-14-6-7-16-13(10-19(22)24-17(16)11-14)12-23-18(21)8-9-25-15-4-2-1-3-5-15/h1-7,10-11,20H,8-9,12H2. The summed E-state index contributed by atoms with van der Waals surface area (Å²) in [6, 6.07) is 15.6. The van der Waals surface area contributed by atoms with E-state index in [0.717, 1.165) is 4.90 Å². The van der Waals surface area contributed by atoms with Crippen LogP contribution in [-0.2, 0) is 16.1 Å². The number of phenols is 1. The Morgan fingerprint density at radius 2 is 1.92 bits per heavy atom. The molecule has 25 heavy (non-hydrogen) atoms. The van der Waals surface area contributed by atoms with E-state index in [1.807, 2.05) is 30.3 Å². The zero-order valence-electron chi connectivity index (χ0n) is 13.3. The van der Waals surface area contributed by atoms with Crippen LogP contribution in [0.2, 0.25) is 0 Å². The first-order valence-corrected chi connectivity index (χ1v) is 8.69. The van der Waals surface area contributed by atoms with E-state index >= 15 is 0 Å². The summed E-state index contributed by atoms with van der Waals surface area (Å²) in [5, 5.41) is 10.1. The quantitative estimate of drug-likeness (QED) is 0.412. The summed E-state index contributed by atoms with van der Waals surface area (Å²) in [4.78, 5) is 24.6. The van der Waals surface area contributed by atoms with Crippen molar-refractivity contribution < 1.29 is 19.1 Å². The number of aromatic hydroxyl groups is 1. The van der Waals surface area contributed by atoms with Crippen LogP contribution in [0, 0.1) is 0 Å². The van der Waals surface area contributed by atoms with E-state index in [2.05, 4.69) is 0 Å². The number of benzene rings is 2. The number of rotatable bonds is 6. The van der Waals surface area contributed by atoms with Crippen molar-refractivity contribution in [3.63, 3.8) is 0 Å². The van der Waals surface area contributed by atoms with Gasteiger partial charge in [-0.05, 0) is 24.3 Å². The van der Waals surface area contributed by atoms with Crippen molar-refractivity contribution in [2.75, 3.05) is 5.75 Å². The van der Waals surface area contributed by atoms with E-state index in [4.69, 9.17) is 9.15 Å². The summed E-state index contributed by atoms with van der Waals surface area (Å²) in [6.45, 7) is -0.0122. The number of carbonyl (C=O) groups is 1. The molecule has 0 spiro atoms. The maximum absolute atomic E-state index is 11.9. The van der Waals surface area contributed by atoms with E-state index in [1.54, 1.807) is 17.8 Å². The van der Waals surface area contributed by atoms with E-state index in [0.29, 0.717) is 16.7 Å². The van der Waals surface area contributed by atoms with Gasteiger partial charge in [-0.3, -0.25) is 4.79 Å². The largest absolute Gasteiger partial charge is 0.508 e. The minimum absolute atomic E-state index is 0.00253. The molecule has 0 amide bonds. The van der Waals surface area contributed by atoms with E-state index in [-0.39, 0.29) is 30.3 Å². The Balaban J connectivity index is 1.59. The Morgan fingerprint density at radius 1 is 1.12 bits per heavy atom. The van der Waals surface area contributed by atoms with E-state index in [1.165, 1.54) is 18.2 Å². The van der Waals surface area contributed by atoms with Gasteiger partial charge in [-0.15, -0.1) is 11.8 Å². The van der Waals surface area contributed by atoms with Gasteiger partial charge >= 0.3 is 11.6 Å². The van der Waals surface area contributed by atoms with Crippen LogP contribution in [0.15, 0.2) is 68.7 Å². The Bertz CT molecular complexity index is 933. The van der Waals surface area contributed by atoms with Gasteiger partial charge in [-0.2, -0.15) is 0 Å². The third-order valence-electron chi connectivity index (χ3n) is 3.52. The summed E-state index contributed by atoms with van der Waals surface area (Å²) in [5.74, 6) is 0.292. The second-order valence-corrected chi connectivity index (χ2v) is 6.51. The number of thioether (sulfide) groups is 1. The minimum atomic E-state index is -0.552. The summed E-state index contributed by atoms with van der Waals surface area (Å²) in [7, 11) is 0. The lowest BCUT2D eigenvalue weighted by molar-refractivity contribution is -0.144. The van der Waals surface area contributed by atoms with Gasteiger partial charge in [0.1, 0.15) is 17.9 Å². The zero-order chi connectivity index (χ0) is 17.6. The fourth-order valence-corrected chi connectivity index (χ4v) is 3.19. The SMILES string of the molecule is O=C(CCSc1ccccc1)OCc1cc(=O)oc2cc(O)ccc12. The van der Waals surface area contributed by atoms with Crippen LogP contribution in [0.1, 0.15) is 12.0 Å². The van der Waals surface area contributed by atoms with Gasteiger partial charge in [0.15, 0.2) is 0 Å². The second-order valence-electron chi connectivity index (χ2n) is 5.34. The molecular formula is C19H16O5S. The van der Waals surface area contributed by atoms with Crippen LogP contribution in [0.5, 0.6) is 5.75 Å². The zero-order valence-corrected chi connectivity index (χ0v) is 14.1. The van der Waals surface area contributed by atoms with Gasteiger partial charge < -0.3 is 14.3 Å². The van der Waals surface area contributed by atoms with Crippen molar-refractivity contribution in [2.45, 2.75) is 17.9 Å². The Kier molecular flexibility index (Phi) is 5.40. The van der Waals surface area contributed by atoms with Crippen molar-refractivity contribution in [3.8, 4) is 5.75 Å². The first-order chi connectivity index (χ1) is 12.1. The van der Waals surface area contributed by atoms with Crippen LogP contribution in [0.3, 0.4) is 0 Å². The number of esters is 1. The smallest absolute Gasteiger partial charge is 0.336 e. The molecule has 5 nitrogen and oxygen atoms in total. The number of hydrogen-bond acceptors (Lipinski definition) is 6. The van der Waals surface area contributed by atoms with Crippen LogP contribution in [-0.4, -0.2) is 16.8 Å². The predicted molar refractivity (Wildman–Crippen MR) is 95.7 cm³/mol. The van der Waals surface area contributed by atoms with Crippen molar-refractivity contribution in [1.29, 1.82) is 0 Å². The highest BCUT2D eigenvalue weighted by atomic mass is 32.2. The number of carbonyl (C=O) groups excluding carboxylic acids is 1. The molecule has 128 valence electrons. The van der Waals surface area contributed by atoms with Gasteiger partial charge in [-0.25, -0.2) is 4.79 Å². The third-order valence-corrected chi connectivity index (χ3v) is 4.53. The van der Waals surface area contributed by atoms with Crippen LogP contribution >= 0.6 is 11.8 Å². The topological polar surface area (TPSA) is 76.7 Å². The highest BCUT2D eigenvalue weighted by Crippen LogP contribution is 2.22. The van der Waals surface area contributed by atoms with Crippen LogP contribution in [0.4, 0.5) is 0 Å². The van der Waals surface area contributed by atoms with Gasteiger partial charge in [0.2, 0.25) is 0 Å². The van der Waals surface area contributed by atoms with Gasteiger partial charge in [-0.1, -0.05) is 18.2 Å². The normalized spacial score (nSPS) is 10.7. The molecule has 6 heteroatoms. The molecule has 1 aromatic heterocycles. The molecule has 0 saturated carbocycles. The summed E-state index contributed by atoms with van der Waals surface area (Å²) in [6.07, 6.45) is 0.278. The molecule has 2 aromatic carbocycles. The molecular weight excluding hydrogens is 340 g/mol.